The summed E-state index contributed by atoms with van der Waals surface area (Å²) < 4.78 is 0. The molecule has 1 aliphatic rings. The van der Waals surface area contributed by atoms with E-state index >= 15 is 0 Å². The first kappa shape index (κ1) is 14.3. The summed E-state index contributed by atoms with van der Waals surface area (Å²) >= 11 is 5.79. The fourth-order valence-electron chi connectivity index (χ4n) is 2.35. The van der Waals surface area contributed by atoms with Crippen LogP contribution in [0.5, 0.6) is 0 Å². The average molecular weight is 247 g/mol. The third-order valence-corrected chi connectivity index (χ3v) is 3.58. The molecule has 0 aromatic rings. The van der Waals surface area contributed by atoms with Crippen molar-refractivity contribution < 1.29 is 0 Å². The Morgan fingerprint density at radius 1 is 0.875 bits per heavy atom. The van der Waals surface area contributed by atoms with Crippen LogP contribution < -0.4 is 0 Å². The van der Waals surface area contributed by atoms with Crippen LogP contribution in [0.3, 0.4) is 0 Å². The molecular formula is C13H27ClN2. The second-order valence-electron chi connectivity index (χ2n) is 4.79. The highest BCUT2D eigenvalue weighted by molar-refractivity contribution is 6.18. The number of nitrogens with zero attached hydrogens (tertiary/aromatic N) is 2. The largest absolute Gasteiger partial charge is 0.302 e. The molecule has 0 unspecified atom stereocenters. The summed E-state index contributed by atoms with van der Waals surface area (Å²) in [6, 6.07) is 0. The Balaban J connectivity index is 2.10. The van der Waals surface area contributed by atoms with Crippen molar-refractivity contribution in [3.05, 3.63) is 0 Å². The molecule has 16 heavy (non-hydrogen) atoms. The summed E-state index contributed by atoms with van der Waals surface area (Å²) in [5.74, 6) is 0.774. The van der Waals surface area contributed by atoms with Crippen molar-refractivity contribution in [1.82, 2.24) is 9.80 Å². The summed E-state index contributed by atoms with van der Waals surface area (Å²) in [5, 5.41) is 0. The van der Waals surface area contributed by atoms with Crippen molar-refractivity contribution in [1.29, 1.82) is 0 Å². The first-order chi connectivity index (χ1) is 7.86. The second kappa shape index (κ2) is 9.26. The van der Waals surface area contributed by atoms with Gasteiger partial charge in [-0.05, 0) is 32.5 Å². The molecule has 96 valence electrons. The van der Waals surface area contributed by atoms with Gasteiger partial charge in [0.2, 0.25) is 0 Å². The van der Waals surface area contributed by atoms with E-state index in [0.717, 1.165) is 12.4 Å². The third-order valence-electron chi connectivity index (χ3n) is 3.41. The van der Waals surface area contributed by atoms with E-state index in [-0.39, 0.29) is 0 Å². The summed E-state index contributed by atoms with van der Waals surface area (Å²) in [6.07, 6.45) is 6.82. The van der Waals surface area contributed by atoms with Gasteiger partial charge in [-0.2, -0.15) is 0 Å². The molecule has 2 nitrogen and oxygen atoms in total. The van der Waals surface area contributed by atoms with Crippen LogP contribution in [0.15, 0.2) is 0 Å². The average Bonchev–Trinajstić information content (AvgIpc) is 2.51. The lowest BCUT2D eigenvalue weighted by molar-refractivity contribution is 0.259. The molecule has 0 saturated carbocycles. The molecule has 0 bridgehead atoms. The van der Waals surface area contributed by atoms with Crippen molar-refractivity contribution in [3.8, 4) is 0 Å². The van der Waals surface area contributed by atoms with Crippen molar-refractivity contribution in [2.24, 2.45) is 0 Å². The van der Waals surface area contributed by atoms with E-state index in [0.29, 0.717) is 0 Å². The van der Waals surface area contributed by atoms with Crippen LogP contribution >= 0.6 is 11.6 Å². The lowest BCUT2D eigenvalue weighted by Gasteiger charge is -2.21. The molecular weight excluding hydrogens is 220 g/mol. The van der Waals surface area contributed by atoms with Crippen LogP contribution in [0.4, 0.5) is 0 Å². The molecule has 1 aliphatic heterocycles. The van der Waals surface area contributed by atoms with Gasteiger partial charge in [-0.25, -0.2) is 0 Å². The van der Waals surface area contributed by atoms with Crippen LogP contribution in [0.2, 0.25) is 0 Å². The van der Waals surface area contributed by atoms with Gasteiger partial charge in [-0.15, -0.1) is 11.6 Å². The fraction of sp³-hybridized carbons (Fsp3) is 1.00. The molecule has 0 amide bonds. The van der Waals surface area contributed by atoms with Crippen molar-refractivity contribution >= 4 is 11.6 Å². The van der Waals surface area contributed by atoms with Gasteiger partial charge in [0.05, 0.1) is 0 Å². The van der Waals surface area contributed by atoms with E-state index < -0.39 is 0 Å². The molecule has 0 atom stereocenters. The molecule has 0 radical (unpaired) electrons. The molecule has 1 heterocycles. The van der Waals surface area contributed by atoms with Crippen LogP contribution in [0.1, 0.15) is 39.0 Å². The maximum absolute atomic E-state index is 5.79. The number of rotatable bonds is 7. The highest BCUT2D eigenvalue weighted by Crippen LogP contribution is 2.06. The zero-order chi connectivity index (χ0) is 11.6. The first-order valence-electron chi connectivity index (χ1n) is 6.87. The molecule has 0 aliphatic carbocycles. The molecule has 0 N–H and O–H groups in total. The van der Waals surface area contributed by atoms with Crippen molar-refractivity contribution in [2.75, 3.05) is 45.1 Å². The highest BCUT2D eigenvalue weighted by atomic mass is 35.5. The van der Waals surface area contributed by atoms with Crippen molar-refractivity contribution in [2.45, 2.75) is 39.0 Å². The Morgan fingerprint density at radius 3 is 2.19 bits per heavy atom. The minimum absolute atomic E-state index is 0.774. The Hall–Kier alpha value is 0.210. The molecule has 3 heteroatoms. The van der Waals surface area contributed by atoms with Crippen molar-refractivity contribution in [3.63, 3.8) is 0 Å². The van der Waals surface area contributed by atoms with E-state index in [1.165, 1.54) is 64.8 Å². The topological polar surface area (TPSA) is 6.48 Å². The predicted molar refractivity (Wildman–Crippen MR) is 72.4 cm³/mol. The summed E-state index contributed by atoms with van der Waals surface area (Å²) in [6.45, 7) is 9.60. The monoisotopic (exact) mass is 246 g/mol. The highest BCUT2D eigenvalue weighted by Gasteiger charge is 2.13. The summed E-state index contributed by atoms with van der Waals surface area (Å²) in [4.78, 5) is 5.13. The van der Waals surface area contributed by atoms with Crippen LogP contribution in [0, 0.1) is 0 Å². The van der Waals surface area contributed by atoms with Crippen LogP contribution in [0.25, 0.3) is 0 Å². The van der Waals surface area contributed by atoms with E-state index in [1.807, 2.05) is 0 Å². The maximum atomic E-state index is 5.79. The Bertz CT molecular complexity index is 164. The zero-order valence-electron chi connectivity index (χ0n) is 10.8. The maximum Gasteiger partial charge on any atom is 0.0351 e. The lowest BCUT2D eigenvalue weighted by atomic mass is 10.2. The standard InChI is InChI=1S/C13H27ClN2/c1-2-3-4-5-8-15-9-6-10-16(11-7-14)13-12-15/h2-13H2,1H3. The quantitative estimate of drug-likeness (QED) is 0.504. The predicted octanol–water partition coefficient (Wildman–Crippen LogP) is 2.81. The number of unbranched alkanes of at least 4 members (excludes halogenated alkanes) is 3. The van der Waals surface area contributed by atoms with Gasteiger partial charge in [0.25, 0.3) is 0 Å². The molecule has 0 aromatic heterocycles. The minimum Gasteiger partial charge on any atom is -0.302 e. The SMILES string of the molecule is CCCCCCN1CCCN(CCCl)CC1. The van der Waals surface area contributed by atoms with E-state index in [9.17, 15) is 0 Å². The lowest BCUT2D eigenvalue weighted by Crippen LogP contribution is -2.32. The summed E-state index contributed by atoms with van der Waals surface area (Å²) in [5.41, 5.74) is 0. The number of hydrogen-bond acceptors (Lipinski definition) is 2. The Morgan fingerprint density at radius 2 is 1.56 bits per heavy atom. The van der Waals surface area contributed by atoms with Gasteiger partial charge in [-0.3, -0.25) is 0 Å². The minimum atomic E-state index is 0.774. The molecule has 1 saturated heterocycles. The number of alkyl halides is 1. The second-order valence-corrected chi connectivity index (χ2v) is 5.16. The normalized spacial score (nSPS) is 19.9. The molecule has 1 fully saturated rings. The van der Waals surface area contributed by atoms with Gasteiger partial charge >= 0.3 is 0 Å². The third kappa shape index (κ3) is 6.07. The Kier molecular flexibility index (Phi) is 8.26. The van der Waals surface area contributed by atoms with E-state index in [4.69, 9.17) is 11.6 Å². The molecule has 0 spiro atoms. The van der Waals surface area contributed by atoms with Crippen LogP contribution in [-0.4, -0.2) is 54.9 Å². The molecule has 1 rings (SSSR count). The van der Waals surface area contributed by atoms with E-state index in [1.54, 1.807) is 0 Å². The fourth-order valence-corrected chi connectivity index (χ4v) is 2.59. The van der Waals surface area contributed by atoms with Gasteiger partial charge in [-0.1, -0.05) is 26.2 Å². The smallest absolute Gasteiger partial charge is 0.0351 e. The number of halogens is 1. The van der Waals surface area contributed by atoms with Crippen LogP contribution in [-0.2, 0) is 0 Å². The number of hydrogen-bond donors (Lipinski definition) is 0. The van der Waals surface area contributed by atoms with Gasteiger partial charge in [0.1, 0.15) is 0 Å². The Labute approximate surface area is 106 Å². The zero-order valence-corrected chi connectivity index (χ0v) is 11.5. The first-order valence-corrected chi connectivity index (χ1v) is 7.41. The van der Waals surface area contributed by atoms with Gasteiger partial charge in [0.15, 0.2) is 0 Å². The van der Waals surface area contributed by atoms with Gasteiger partial charge in [0, 0.05) is 25.5 Å². The summed E-state index contributed by atoms with van der Waals surface area (Å²) in [7, 11) is 0. The van der Waals surface area contributed by atoms with E-state index in [2.05, 4.69) is 16.7 Å². The van der Waals surface area contributed by atoms with Gasteiger partial charge < -0.3 is 9.80 Å². The molecule has 0 aromatic carbocycles.